The zero-order valence-corrected chi connectivity index (χ0v) is 14.6. The van der Waals surface area contributed by atoms with Crippen LogP contribution < -0.4 is 0 Å². The Balaban J connectivity index is 1.90. The number of hydrogen-bond donors (Lipinski definition) is 0. The van der Waals surface area contributed by atoms with Crippen molar-refractivity contribution in [1.82, 2.24) is 9.80 Å². The molecule has 0 aliphatic carbocycles. The summed E-state index contributed by atoms with van der Waals surface area (Å²) in [6, 6.07) is 12.0. The summed E-state index contributed by atoms with van der Waals surface area (Å²) in [5.74, 6) is 0.0769. The molecule has 4 nitrogen and oxygen atoms in total. The van der Waals surface area contributed by atoms with Crippen LogP contribution in [0.25, 0.3) is 10.8 Å². The molecular weight excluding hydrogens is 300 g/mol. The molecule has 1 aliphatic heterocycles. The van der Waals surface area contributed by atoms with Crippen molar-refractivity contribution < 1.29 is 9.59 Å². The molecule has 1 heterocycles. The molecule has 1 atom stereocenters. The van der Waals surface area contributed by atoms with Gasteiger partial charge in [0.15, 0.2) is 0 Å². The fraction of sp³-hybridized carbons (Fsp3) is 0.400. The first-order chi connectivity index (χ1) is 11.5. The zero-order valence-electron chi connectivity index (χ0n) is 14.6. The summed E-state index contributed by atoms with van der Waals surface area (Å²) in [4.78, 5) is 28.5. The highest BCUT2D eigenvalue weighted by Gasteiger charge is 2.36. The number of aryl methyl sites for hydroxylation is 1. The van der Waals surface area contributed by atoms with E-state index in [0.29, 0.717) is 13.1 Å². The van der Waals surface area contributed by atoms with Crippen molar-refractivity contribution in [3.63, 3.8) is 0 Å². The van der Waals surface area contributed by atoms with Crippen molar-refractivity contribution in [1.29, 1.82) is 0 Å². The minimum atomic E-state index is -0.405. The molecule has 4 heteroatoms. The monoisotopic (exact) mass is 324 g/mol. The fourth-order valence-electron chi connectivity index (χ4n) is 3.46. The zero-order chi connectivity index (χ0) is 17.3. The van der Waals surface area contributed by atoms with E-state index in [4.69, 9.17) is 0 Å². The van der Waals surface area contributed by atoms with E-state index >= 15 is 0 Å². The highest BCUT2D eigenvalue weighted by molar-refractivity contribution is 5.95. The first kappa shape index (κ1) is 16.5. The van der Waals surface area contributed by atoms with Crippen molar-refractivity contribution in [2.45, 2.75) is 39.8 Å². The van der Waals surface area contributed by atoms with Gasteiger partial charge in [0.25, 0.3) is 0 Å². The number of hydrogen-bond acceptors (Lipinski definition) is 2. The molecular formula is C20H24N2O2. The van der Waals surface area contributed by atoms with Gasteiger partial charge in [-0.05, 0) is 42.2 Å². The minimum absolute atomic E-state index is 0.0280. The van der Waals surface area contributed by atoms with Gasteiger partial charge in [-0.1, -0.05) is 43.3 Å². The molecule has 0 radical (unpaired) electrons. The van der Waals surface area contributed by atoms with E-state index in [2.05, 4.69) is 31.2 Å². The molecule has 2 aromatic carbocycles. The molecule has 0 saturated carbocycles. The van der Waals surface area contributed by atoms with Crippen LogP contribution in [0.3, 0.4) is 0 Å². The van der Waals surface area contributed by atoms with Crippen LogP contribution in [0.1, 0.15) is 31.4 Å². The molecule has 0 spiro atoms. The highest BCUT2D eigenvalue weighted by atomic mass is 16.2. The number of rotatable bonds is 4. The Morgan fingerprint density at radius 1 is 1.08 bits per heavy atom. The van der Waals surface area contributed by atoms with Gasteiger partial charge in [-0.3, -0.25) is 9.59 Å². The van der Waals surface area contributed by atoms with Gasteiger partial charge in [0.2, 0.25) is 11.8 Å². The van der Waals surface area contributed by atoms with Crippen molar-refractivity contribution in [2.75, 3.05) is 13.1 Å². The average molecular weight is 324 g/mol. The predicted octanol–water partition coefficient (Wildman–Crippen LogP) is 3.12. The van der Waals surface area contributed by atoms with Gasteiger partial charge in [0, 0.05) is 13.1 Å². The normalized spacial score (nSPS) is 18.5. The predicted molar refractivity (Wildman–Crippen MR) is 95.6 cm³/mol. The Labute approximate surface area is 143 Å². The number of piperazine rings is 1. The largest absolute Gasteiger partial charge is 0.332 e. The van der Waals surface area contributed by atoms with E-state index in [1.807, 2.05) is 26.0 Å². The third-order valence-electron chi connectivity index (χ3n) is 4.85. The second-order valence-electron chi connectivity index (χ2n) is 6.54. The van der Waals surface area contributed by atoms with Gasteiger partial charge in [0.05, 0.1) is 6.54 Å². The van der Waals surface area contributed by atoms with Gasteiger partial charge in [0.1, 0.15) is 6.04 Å². The third-order valence-corrected chi connectivity index (χ3v) is 4.85. The topological polar surface area (TPSA) is 40.6 Å². The SMILES string of the molecule is CCCN1CC(=O)N(Cc2ccc(C)c3ccccc23)[C@H](C)C1=O. The van der Waals surface area contributed by atoms with Crippen molar-refractivity contribution in [3.05, 3.63) is 47.5 Å². The van der Waals surface area contributed by atoms with Crippen LogP contribution in [0.2, 0.25) is 0 Å². The quantitative estimate of drug-likeness (QED) is 0.867. The van der Waals surface area contributed by atoms with Crippen LogP contribution in [0.15, 0.2) is 36.4 Å². The summed E-state index contributed by atoms with van der Waals surface area (Å²) in [5, 5.41) is 2.35. The van der Waals surface area contributed by atoms with E-state index in [1.54, 1.807) is 9.80 Å². The molecule has 0 aromatic heterocycles. The van der Waals surface area contributed by atoms with Gasteiger partial charge >= 0.3 is 0 Å². The minimum Gasteiger partial charge on any atom is -0.332 e. The molecule has 3 rings (SSSR count). The van der Waals surface area contributed by atoms with Gasteiger partial charge in [-0.15, -0.1) is 0 Å². The Bertz CT molecular complexity index is 784. The fourth-order valence-corrected chi connectivity index (χ4v) is 3.46. The standard InChI is InChI=1S/C20H24N2O2/c1-4-11-21-13-19(23)22(15(3)20(21)24)12-16-10-9-14(2)17-7-5-6-8-18(16)17/h5-10,15H,4,11-13H2,1-3H3/t15-/m1/s1. The van der Waals surface area contributed by atoms with Crippen LogP contribution >= 0.6 is 0 Å². The Morgan fingerprint density at radius 2 is 1.79 bits per heavy atom. The maximum atomic E-state index is 12.6. The summed E-state index contributed by atoms with van der Waals surface area (Å²) in [6.45, 7) is 7.27. The summed E-state index contributed by atoms with van der Waals surface area (Å²) < 4.78 is 0. The number of carbonyl (C=O) groups is 2. The van der Waals surface area contributed by atoms with Crippen LogP contribution in [0, 0.1) is 6.92 Å². The van der Waals surface area contributed by atoms with Crippen molar-refractivity contribution in [3.8, 4) is 0 Å². The molecule has 0 bridgehead atoms. The van der Waals surface area contributed by atoms with Crippen molar-refractivity contribution in [2.24, 2.45) is 0 Å². The van der Waals surface area contributed by atoms with Crippen LogP contribution in [0.5, 0.6) is 0 Å². The van der Waals surface area contributed by atoms with Gasteiger partial charge in [-0.2, -0.15) is 0 Å². The second kappa shape index (κ2) is 6.63. The maximum Gasteiger partial charge on any atom is 0.245 e. The van der Waals surface area contributed by atoms with E-state index in [9.17, 15) is 9.59 Å². The lowest BCUT2D eigenvalue weighted by molar-refractivity contribution is -0.155. The summed E-state index contributed by atoms with van der Waals surface area (Å²) >= 11 is 0. The molecule has 126 valence electrons. The average Bonchev–Trinajstić information content (AvgIpc) is 2.58. The number of nitrogens with zero attached hydrogens (tertiary/aromatic N) is 2. The summed E-state index contributed by atoms with van der Waals surface area (Å²) in [7, 11) is 0. The van der Waals surface area contributed by atoms with Gasteiger partial charge < -0.3 is 9.80 Å². The summed E-state index contributed by atoms with van der Waals surface area (Å²) in [5.41, 5.74) is 2.31. The number of amides is 2. The van der Waals surface area contributed by atoms with Crippen LogP contribution in [-0.2, 0) is 16.1 Å². The number of benzene rings is 2. The maximum absolute atomic E-state index is 12.6. The van der Waals surface area contributed by atoms with Crippen LogP contribution in [0.4, 0.5) is 0 Å². The Kier molecular flexibility index (Phi) is 4.56. The van der Waals surface area contributed by atoms with Crippen molar-refractivity contribution >= 4 is 22.6 Å². The van der Waals surface area contributed by atoms with Crippen LogP contribution in [-0.4, -0.2) is 40.7 Å². The van der Waals surface area contributed by atoms with Gasteiger partial charge in [-0.25, -0.2) is 0 Å². The molecule has 24 heavy (non-hydrogen) atoms. The molecule has 0 unspecified atom stereocenters. The summed E-state index contributed by atoms with van der Waals surface area (Å²) in [6.07, 6.45) is 0.869. The molecule has 2 amide bonds. The van der Waals surface area contributed by atoms with E-state index < -0.39 is 6.04 Å². The Hall–Kier alpha value is -2.36. The molecule has 0 N–H and O–H groups in total. The van der Waals surface area contributed by atoms with E-state index in [1.165, 1.54) is 10.9 Å². The molecule has 1 saturated heterocycles. The number of fused-ring (bicyclic) bond motifs is 1. The Morgan fingerprint density at radius 3 is 2.50 bits per heavy atom. The second-order valence-corrected chi connectivity index (χ2v) is 6.54. The lowest BCUT2D eigenvalue weighted by Crippen LogP contribution is -2.58. The lowest BCUT2D eigenvalue weighted by Gasteiger charge is -2.39. The van der Waals surface area contributed by atoms with E-state index in [0.717, 1.165) is 17.4 Å². The molecule has 2 aromatic rings. The third kappa shape index (κ3) is 2.88. The molecule has 1 fully saturated rings. The first-order valence-electron chi connectivity index (χ1n) is 8.58. The molecule has 1 aliphatic rings. The van der Waals surface area contributed by atoms with E-state index in [-0.39, 0.29) is 18.4 Å². The first-order valence-corrected chi connectivity index (χ1v) is 8.58. The lowest BCUT2D eigenvalue weighted by atomic mass is 9.99. The smallest absolute Gasteiger partial charge is 0.245 e. The number of carbonyl (C=O) groups excluding carboxylic acids is 2. The highest BCUT2D eigenvalue weighted by Crippen LogP contribution is 2.25.